The van der Waals surface area contributed by atoms with E-state index in [-0.39, 0.29) is 5.91 Å². The van der Waals surface area contributed by atoms with Crippen LogP contribution in [-0.2, 0) is 0 Å². The van der Waals surface area contributed by atoms with Crippen molar-refractivity contribution in [3.8, 4) is 0 Å². The van der Waals surface area contributed by atoms with Gasteiger partial charge in [-0.15, -0.1) is 0 Å². The maximum atomic E-state index is 12.0. The first kappa shape index (κ1) is 18.4. The Bertz CT molecular complexity index is 583. The van der Waals surface area contributed by atoms with Gasteiger partial charge in [0.15, 0.2) is 0 Å². The molecule has 1 aromatic carbocycles. The molecule has 0 spiro atoms. The fourth-order valence-corrected chi connectivity index (χ4v) is 4.22. The van der Waals surface area contributed by atoms with Crippen molar-refractivity contribution < 1.29 is 4.79 Å². The molecule has 0 aliphatic carbocycles. The number of carbonyl (C=O) groups excluding carboxylic acids is 1. The Labute approximate surface area is 152 Å². The van der Waals surface area contributed by atoms with Gasteiger partial charge in [0.1, 0.15) is 0 Å². The van der Waals surface area contributed by atoms with Gasteiger partial charge in [0.25, 0.3) is 5.91 Å². The lowest BCUT2D eigenvalue weighted by atomic mass is 9.96. The molecule has 5 heteroatoms. The summed E-state index contributed by atoms with van der Waals surface area (Å²) in [4.78, 5) is 19.6. The molecule has 1 N–H and O–H groups in total. The van der Waals surface area contributed by atoms with Crippen molar-refractivity contribution in [1.29, 1.82) is 0 Å². The van der Waals surface area contributed by atoms with Gasteiger partial charge in [0.2, 0.25) is 0 Å². The minimum Gasteiger partial charge on any atom is -0.355 e. The van der Waals surface area contributed by atoms with Gasteiger partial charge in [-0.25, -0.2) is 0 Å². The molecule has 1 atom stereocenters. The molecule has 5 nitrogen and oxygen atoms in total. The molecule has 2 fully saturated rings. The maximum Gasteiger partial charge on any atom is 0.251 e. The van der Waals surface area contributed by atoms with Gasteiger partial charge in [0.05, 0.1) is 0 Å². The van der Waals surface area contributed by atoms with E-state index in [1.807, 2.05) is 12.1 Å². The third-order valence-electron chi connectivity index (χ3n) is 5.96. The highest BCUT2D eigenvalue weighted by Crippen LogP contribution is 2.28. The molecule has 1 unspecified atom stereocenters. The first-order valence-corrected chi connectivity index (χ1v) is 9.61. The maximum absolute atomic E-state index is 12.0. The third-order valence-corrected chi connectivity index (χ3v) is 5.96. The van der Waals surface area contributed by atoms with E-state index in [1.165, 1.54) is 38.0 Å². The van der Waals surface area contributed by atoms with Gasteiger partial charge in [0, 0.05) is 44.3 Å². The normalized spacial score (nSPS) is 24.4. The van der Waals surface area contributed by atoms with Crippen LogP contribution in [0.1, 0.15) is 41.7 Å². The van der Waals surface area contributed by atoms with Crippen LogP contribution >= 0.6 is 0 Å². The number of piperazine rings is 1. The number of hydrogen-bond donors (Lipinski definition) is 1. The van der Waals surface area contributed by atoms with Crippen molar-refractivity contribution in [2.45, 2.75) is 31.8 Å². The Kier molecular flexibility index (Phi) is 6.10. The molecule has 1 aromatic rings. The fraction of sp³-hybridized carbons (Fsp3) is 0.650. The van der Waals surface area contributed by atoms with Crippen LogP contribution in [0.15, 0.2) is 24.3 Å². The average molecular weight is 345 g/mol. The molecule has 2 aliphatic rings. The molecule has 2 aliphatic heterocycles. The molecular weight excluding hydrogens is 312 g/mol. The van der Waals surface area contributed by atoms with Crippen LogP contribution in [0.5, 0.6) is 0 Å². The monoisotopic (exact) mass is 344 g/mol. The van der Waals surface area contributed by atoms with Gasteiger partial charge in [-0.05, 0) is 57.2 Å². The minimum absolute atomic E-state index is 0.0101. The quantitative estimate of drug-likeness (QED) is 0.904. The summed E-state index contributed by atoms with van der Waals surface area (Å²) in [6.07, 6.45) is 2.56. The number of amides is 1. The summed E-state index contributed by atoms with van der Waals surface area (Å²) in [5.41, 5.74) is 2.00. The second-order valence-corrected chi connectivity index (χ2v) is 7.36. The minimum atomic E-state index is -0.0101. The van der Waals surface area contributed by atoms with Crippen molar-refractivity contribution in [3.63, 3.8) is 0 Å². The van der Waals surface area contributed by atoms with E-state index in [9.17, 15) is 4.79 Å². The van der Waals surface area contributed by atoms with Crippen LogP contribution in [-0.4, -0.2) is 80.0 Å². The molecule has 0 saturated carbocycles. The Morgan fingerprint density at radius 2 is 1.96 bits per heavy atom. The summed E-state index contributed by atoms with van der Waals surface area (Å²) < 4.78 is 0. The molecule has 25 heavy (non-hydrogen) atoms. The molecule has 3 rings (SSSR count). The zero-order valence-corrected chi connectivity index (χ0v) is 15.9. The number of piperidine rings is 1. The molecule has 0 bridgehead atoms. The number of carbonyl (C=O) groups is 1. The largest absolute Gasteiger partial charge is 0.355 e. The molecule has 0 radical (unpaired) electrons. The second kappa shape index (κ2) is 8.30. The second-order valence-electron chi connectivity index (χ2n) is 7.36. The lowest BCUT2D eigenvalue weighted by Gasteiger charge is -2.45. The zero-order chi connectivity index (χ0) is 17.8. The molecular formula is C20H32N4O. The Balaban J connectivity index is 1.70. The van der Waals surface area contributed by atoms with Gasteiger partial charge in [-0.1, -0.05) is 19.1 Å². The van der Waals surface area contributed by atoms with Gasteiger partial charge in [-0.2, -0.15) is 0 Å². The highest BCUT2D eigenvalue weighted by Gasteiger charge is 2.31. The molecule has 2 saturated heterocycles. The SMILES string of the molecule is CCN1CCC(N2CCN(C)C(c3cccc(C(=O)NC)c3)C2)CC1. The Hall–Kier alpha value is -1.43. The lowest BCUT2D eigenvalue weighted by molar-refractivity contribution is 0.0369. The molecule has 138 valence electrons. The van der Waals surface area contributed by atoms with Crippen molar-refractivity contribution in [2.24, 2.45) is 0 Å². The van der Waals surface area contributed by atoms with Crippen LogP contribution in [0.3, 0.4) is 0 Å². The number of hydrogen-bond acceptors (Lipinski definition) is 4. The topological polar surface area (TPSA) is 38.8 Å². The van der Waals surface area contributed by atoms with Crippen molar-refractivity contribution in [1.82, 2.24) is 20.0 Å². The number of nitrogens with zero attached hydrogens (tertiary/aromatic N) is 3. The van der Waals surface area contributed by atoms with Crippen LogP contribution < -0.4 is 5.32 Å². The number of rotatable bonds is 4. The predicted molar refractivity (Wildman–Crippen MR) is 102 cm³/mol. The third kappa shape index (κ3) is 4.22. The van der Waals surface area contributed by atoms with Gasteiger partial charge >= 0.3 is 0 Å². The summed E-state index contributed by atoms with van der Waals surface area (Å²) in [6, 6.07) is 9.19. The molecule has 1 amide bonds. The van der Waals surface area contributed by atoms with E-state index in [1.54, 1.807) is 7.05 Å². The summed E-state index contributed by atoms with van der Waals surface area (Å²) in [5.74, 6) is -0.0101. The van der Waals surface area contributed by atoms with E-state index in [2.05, 4.69) is 46.1 Å². The number of likely N-dealkylation sites (N-methyl/N-ethyl adjacent to an activating group) is 1. The van der Waals surface area contributed by atoms with E-state index < -0.39 is 0 Å². The fourth-order valence-electron chi connectivity index (χ4n) is 4.22. The first-order chi connectivity index (χ1) is 12.1. The van der Waals surface area contributed by atoms with E-state index in [0.717, 1.165) is 25.2 Å². The zero-order valence-electron chi connectivity index (χ0n) is 15.9. The Morgan fingerprint density at radius 3 is 2.64 bits per heavy atom. The summed E-state index contributed by atoms with van der Waals surface area (Å²) >= 11 is 0. The van der Waals surface area contributed by atoms with Crippen molar-refractivity contribution >= 4 is 5.91 Å². The Morgan fingerprint density at radius 1 is 1.20 bits per heavy atom. The van der Waals surface area contributed by atoms with Crippen molar-refractivity contribution in [3.05, 3.63) is 35.4 Å². The van der Waals surface area contributed by atoms with Crippen molar-refractivity contribution in [2.75, 3.05) is 53.4 Å². The van der Waals surface area contributed by atoms with Crippen LogP contribution in [0.4, 0.5) is 0 Å². The number of likely N-dealkylation sites (tertiary alicyclic amines) is 1. The molecule has 0 aromatic heterocycles. The summed E-state index contributed by atoms with van der Waals surface area (Å²) in [5, 5.41) is 2.73. The van der Waals surface area contributed by atoms with Crippen LogP contribution in [0.2, 0.25) is 0 Å². The summed E-state index contributed by atoms with van der Waals surface area (Å²) in [6.45, 7) is 9.18. The number of nitrogens with one attached hydrogen (secondary N) is 1. The van der Waals surface area contributed by atoms with Crippen LogP contribution in [0, 0.1) is 0 Å². The number of benzene rings is 1. The smallest absolute Gasteiger partial charge is 0.251 e. The molecule has 2 heterocycles. The van der Waals surface area contributed by atoms with Gasteiger partial charge in [-0.3, -0.25) is 14.6 Å². The van der Waals surface area contributed by atoms with Gasteiger partial charge < -0.3 is 10.2 Å². The first-order valence-electron chi connectivity index (χ1n) is 9.61. The lowest BCUT2D eigenvalue weighted by Crippen LogP contribution is -2.53. The van der Waals surface area contributed by atoms with Crippen LogP contribution in [0.25, 0.3) is 0 Å². The predicted octanol–water partition coefficient (Wildman–Crippen LogP) is 1.82. The highest BCUT2D eigenvalue weighted by atomic mass is 16.1. The average Bonchev–Trinajstić information content (AvgIpc) is 2.68. The van der Waals surface area contributed by atoms with E-state index in [0.29, 0.717) is 12.1 Å². The van der Waals surface area contributed by atoms with E-state index >= 15 is 0 Å². The standard InChI is InChI=1S/C20H32N4O/c1-4-23-10-8-18(9-11-23)24-13-12-22(3)19(15-24)16-6-5-7-17(14-16)20(25)21-2/h5-7,14,18-19H,4,8-13,15H2,1-3H3,(H,21,25). The van der Waals surface area contributed by atoms with E-state index in [4.69, 9.17) is 0 Å². The summed E-state index contributed by atoms with van der Waals surface area (Å²) in [7, 11) is 3.89. The highest BCUT2D eigenvalue weighted by molar-refractivity contribution is 5.94.